The van der Waals surface area contributed by atoms with Gasteiger partial charge in [0.15, 0.2) is 0 Å². The van der Waals surface area contributed by atoms with Gasteiger partial charge in [0, 0.05) is 18.7 Å². The van der Waals surface area contributed by atoms with Crippen molar-refractivity contribution in [1.82, 2.24) is 15.5 Å². The molecular formula is C23H25N3O3. The highest BCUT2D eigenvalue weighted by Crippen LogP contribution is 2.24. The Hall–Kier alpha value is -2.99. The SMILES string of the molecule is O=C(NCCC1CCNC1)c1ccc2c(c1)C(=O)N(CCc1ccccc1)C2=O. The van der Waals surface area contributed by atoms with Crippen molar-refractivity contribution in [3.8, 4) is 0 Å². The summed E-state index contributed by atoms with van der Waals surface area (Å²) in [5.74, 6) is -0.219. The van der Waals surface area contributed by atoms with E-state index in [0.717, 1.165) is 31.5 Å². The second-order valence-electron chi connectivity index (χ2n) is 7.66. The van der Waals surface area contributed by atoms with Gasteiger partial charge in [-0.05, 0) is 62.0 Å². The van der Waals surface area contributed by atoms with Gasteiger partial charge in [-0.15, -0.1) is 0 Å². The fourth-order valence-corrected chi connectivity index (χ4v) is 3.97. The minimum Gasteiger partial charge on any atom is -0.352 e. The average molecular weight is 391 g/mol. The molecule has 1 atom stereocenters. The molecule has 4 rings (SSSR count). The summed E-state index contributed by atoms with van der Waals surface area (Å²) in [5.41, 5.74) is 2.17. The van der Waals surface area contributed by atoms with Crippen molar-refractivity contribution in [1.29, 1.82) is 0 Å². The third-order valence-corrected chi connectivity index (χ3v) is 5.70. The third-order valence-electron chi connectivity index (χ3n) is 5.70. The molecule has 0 spiro atoms. The number of fused-ring (bicyclic) bond motifs is 1. The summed E-state index contributed by atoms with van der Waals surface area (Å²) >= 11 is 0. The first-order valence-corrected chi connectivity index (χ1v) is 10.2. The molecule has 2 aliphatic rings. The lowest BCUT2D eigenvalue weighted by Gasteiger charge is -2.13. The zero-order valence-electron chi connectivity index (χ0n) is 16.3. The lowest BCUT2D eigenvalue weighted by molar-refractivity contribution is 0.0656. The van der Waals surface area contributed by atoms with Crippen molar-refractivity contribution in [3.05, 3.63) is 70.8 Å². The summed E-state index contributed by atoms with van der Waals surface area (Å²) in [6, 6.07) is 14.5. The third kappa shape index (κ3) is 4.22. The predicted octanol–water partition coefficient (Wildman–Crippen LogP) is 2.25. The second kappa shape index (κ2) is 8.57. The van der Waals surface area contributed by atoms with Crippen LogP contribution in [0.4, 0.5) is 0 Å². The molecule has 0 radical (unpaired) electrons. The van der Waals surface area contributed by atoms with Gasteiger partial charge in [0.1, 0.15) is 0 Å². The minimum atomic E-state index is -0.326. The summed E-state index contributed by atoms with van der Waals surface area (Å²) in [4.78, 5) is 39.1. The van der Waals surface area contributed by atoms with Gasteiger partial charge < -0.3 is 10.6 Å². The Morgan fingerprint density at radius 2 is 1.86 bits per heavy atom. The minimum absolute atomic E-state index is 0.207. The molecule has 0 aliphatic carbocycles. The van der Waals surface area contributed by atoms with Crippen LogP contribution in [-0.4, -0.2) is 48.8 Å². The van der Waals surface area contributed by atoms with Crippen LogP contribution in [0.25, 0.3) is 0 Å². The Morgan fingerprint density at radius 1 is 1.07 bits per heavy atom. The smallest absolute Gasteiger partial charge is 0.261 e. The van der Waals surface area contributed by atoms with E-state index < -0.39 is 0 Å². The van der Waals surface area contributed by atoms with Crippen LogP contribution in [0.5, 0.6) is 0 Å². The number of carbonyl (C=O) groups excluding carboxylic acids is 3. The van der Waals surface area contributed by atoms with Crippen molar-refractivity contribution in [2.45, 2.75) is 19.3 Å². The first-order chi connectivity index (χ1) is 14.1. The molecule has 2 aromatic rings. The molecule has 29 heavy (non-hydrogen) atoms. The Balaban J connectivity index is 1.38. The number of benzene rings is 2. The van der Waals surface area contributed by atoms with Crippen LogP contribution in [0.1, 0.15) is 49.5 Å². The number of carbonyl (C=O) groups is 3. The van der Waals surface area contributed by atoms with Gasteiger partial charge in [-0.2, -0.15) is 0 Å². The van der Waals surface area contributed by atoms with Crippen molar-refractivity contribution in [3.63, 3.8) is 0 Å². The maximum absolute atomic E-state index is 12.8. The normalized spacial score (nSPS) is 18.2. The highest BCUT2D eigenvalue weighted by molar-refractivity contribution is 6.22. The molecule has 2 aromatic carbocycles. The maximum Gasteiger partial charge on any atom is 0.261 e. The van der Waals surface area contributed by atoms with E-state index in [1.165, 1.54) is 4.90 Å². The molecule has 3 amide bonds. The van der Waals surface area contributed by atoms with E-state index in [2.05, 4.69) is 10.6 Å². The van der Waals surface area contributed by atoms with Gasteiger partial charge in [0.2, 0.25) is 0 Å². The summed E-state index contributed by atoms with van der Waals surface area (Å²) < 4.78 is 0. The molecule has 1 fully saturated rings. The molecule has 0 bridgehead atoms. The van der Waals surface area contributed by atoms with E-state index in [4.69, 9.17) is 0 Å². The largest absolute Gasteiger partial charge is 0.352 e. The Kier molecular flexibility index (Phi) is 5.71. The Bertz CT molecular complexity index is 920. The molecule has 0 saturated carbocycles. The molecular weight excluding hydrogens is 366 g/mol. The summed E-state index contributed by atoms with van der Waals surface area (Å²) in [7, 11) is 0. The summed E-state index contributed by atoms with van der Waals surface area (Å²) in [6.07, 6.45) is 2.69. The first kappa shape index (κ1) is 19.3. The van der Waals surface area contributed by atoms with E-state index in [1.54, 1.807) is 18.2 Å². The van der Waals surface area contributed by atoms with Crippen LogP contribution in [-0.2, 0) is 6.42 Å². The van der Waals surface area contributed by atoms with Crippen LogP contribution in [0.2, 0.25) is 0 Å². The van der Waals surface area contributed by atoms with Crippen molar-refractivity contribution >= 4 is 17.7 Å². The quantitative estimate of drug-likeness (QED) is 0.710. The van der Waals surface area contributed by atoms with Gasteiger partial charge in [0.25, 0.3) is 17.7 Å². The number of amides is 3. The first-order valence-electron chi connectivity index (χ1n) is 10.2. The fourth-order valence-electron chi connectivity index (χ4n) is 3.97. The summed E-state index contributed by atoms with van der Waals surface area (Å²) in [5, 5.41) is 6.24. The highest BCUT2D eigenvalue weighted by atomic mass is 16.2. The van der Waals surface area contributed by atoms with Gasteiger partial charge >= 0.3 is 0 Å². The molecule has 1 saturated heterocycles. The predicted molar refractivity (Wildman–Crippen MR) is 110 cm³/mol. The average Bonchev–Trinajstić information content (AvgIpc) is 3.34. The second-order valence-corrected chi connectivity index (χ2v) is 7.66. The van der Waals surface area contributed by atoms with Crippen LogP contribution >= 0.6 is 0 Å². The number of nitrogens with zero attached hydrogens (tertiary/aromatic N) is 1. The zero-order chi connectivity index (χ0) is 20.2. The number of rotatable bonds is 7. The van der Waals surface area contributed by atoms with Gasteiger partial charge in [-0.25, -0.2) is 0 Å². The lowest BCUT2D eigenvalue weighted by atomic mass is 10.0. The monoisotopic (exact) mass is 391 g/mol. The van der Waals surface area contributed by atoms with E-state index in [9.17, 15) is 14.4 Å². The Morgan fingerprint density at radius 3 is 2.62 bits per heavy atom. The number of nitrogens with one attached hydrogen (secondary N) is 2. The Labute approximate surface area is 170 Å². The van der Waals surface area contributed by atoms with E-state index in [0.29, 0.717) is 42.1 Å². The van der Waals surface area contributed by atoms with E-state index >= 15 is 0 Å². The number of hydrogen-bond acceptors (Lipinski definition) is 4. The standard InChI is InChI=1S/C23H25N3O3/c27-21(25-12-9-17-8-11-24-15-17)18-6-7-19-20(14-18)23(29)26(22(19)28)13-10-16-4-2-1-3-5-16/h1-7,14,17,24H,8-13,15H2,(H,25,27). The van der Waals surface area contributed by atoms with E-state index in [1.807, 2.05) is 30.3 Å². The molecule has 6 nitrogen and oxygen atoms in total. The van der Waals surface area contributed by atoms with Crippen molar-refractivity contribution in [2.75, 3.05) is 26.2 Å². The topological polar surface area (TPSA) is 78.5 Å². The molecule has 1 unspecified atom stereocenters. The molecule has 2 N–H and O–H groups in total. The molecule has 2 heterocycles. The van der Waals surface area contributed by atoms with Gasteiger partial charge in [-0.3, -0.25) is 19.3 Å². The molecule has 0 aromatic heterocycles. The van der Waals surface area contributed by atoms with Crippen molar-refractivity contribution in [2.24, 2.45) is 5.92 Å². The molecule has 150 valence electrons. The van der Waals surface area contributed by atoms with Crippen LogP contribution in [0.15, 0.2) is 48.5 Å². The van der Waals surface area contributed by atoms with Crippen molar-refractivity contribution < 1.29 is 14.4 Å². The maximum atomic E-state index is 12.8. The lowest BCUT2D eigenvalue weighted by Crippen LogP contribution is -2.31. The van der Waals surface area contributed by atoms with Crippen LogP contribution < -0.4 is 10.6 Å². The van der Waals surface area contributed by atoms with Gasteiger partial charge in [-0.1, -0.05) is 30.3 Å². The fraction of sp³-hybridized carbons (Fsp3) is 0.348. The number of hydrogen-bond donors (Lipinski definition) is 2. The number of imide groups is 1. The molecule has 6 heteroatoms. The highest BCUT2D eigenvalue weighted by Gasteiger charge is 2.35. The van der Waals surface area contributed by atoms with Gasteiger partial charge in [0.05, 0.1) is 11.1 Å². The zero-order valence-corrected chi connectivity index (χ0v) is 16.3. The van der Waals surface area contributed by atoms with Crippen LogP contribution in [0.3, 0.4) is 0 Å². The molecule has 2 aliphatic heterocycles. The van der Waals surface area contributed by atoms with E-state index in [-0.39, 0.29) is 17.7 Å². The van der Waals surface area contributed by atoms with Crippen LogP contribution in [0, 0.1) is 5.92 Å². The summed E-state index contributed by atoms with van der Waals surface area (Å²) in [6.45, 7) is 2.98.